The molecular formula is C2HNO2. The third-order valence-electron chi connectivity index (χ3n) is 0.301. The summed E-state index contributed by atoms with van der Waals surface area (Å²) in [4.78, 5) is 13.4. The highest BCUT2D eigenvalue weighted by molar-refractivity contribution is 6.26. The van der Waals surface area contributed by atoms with E-state index in [1.807, 2.05) is 0 Å². The molecule has 0 unspecified atom stereocenters. The van der Waals surface area contributed by atoms with Gasteiger partial charge in [0.1, 0.15) is 0 Å². The first-order chi connectivity index (χ1) is 2.39. The van der Waals surface area contributed by atoms with Gasteiger partial charge in [0.15, 0.2) is 6.21 Å². The lowest BCUT2D eigenvalue weighted by molar-refractivity contribution is -0.139. The number of hydrogen-bond donors (Lipinski definition) is 0. The van der Waals surface area contributed by atoms with E-state index >= 15 is 0 Å². The van der Waals surface area contributed by atoms with Crippen LogP contribution in [0.5, 0.6) is 0 Å². The number of carbonyl (C=O) groups is 1. The molecular weight excluding hydrogens is 70.0 g/mol. The molecule has 0 N–H and O–H groups in total. The summed E-state index contributed by atoms with van der Waals surface area (Å²) in [5.74, 6) is -0.356. The van der Waals surface area contributed by atoms with Crippen LogP contribution in [0, 0.1) is 0 Å². The highest BCUT2D eigenvalue weighted by Crippen LogP contribution is 1.83. The van der Waals surface area contributed by atoms with Crippen LogP contribution >= 0.6 is 0 Å². The Bertz CT molecular complexity index is 85.6. The zero-order chi connectivity index (χ0) is 3.70. The van der Waals surface area contributed by atoms with Gasteiger partial charge in [-0.25, -0.2) is 4.79 Å². The zero-order valence-corrected chi connectivity index (χ0v) is 2.34. The normalized spacial score (nSPS) is 17.2. The van der Waals surface area contributed by atoms with Gasteiger partial charge < -0.3 is 4.84 Å². The van der Waals surface area contributed by atoms with Crippen molar-refractivity contribution in [1.29, 1.82) is 0 Å². The molecule has 0 spiro atoms. The highest BCUT2D eigenvalue weighted by atomic mass is 16.7. The minimum absolute atomic E-state index is 0.356. The molecule has 0 atom stereocenters. The molecule has 0 aromatic rings. The Labute approximate surface area is 28.2 Å². The van der Waals surface area contributed by atoms with Crippen molar-refractivity contribution in [1.82, 2.24) is 0 Å². The summed E-state index contributed by atoms with van der Waals surface area (Å²) in [6.45, 7) is 0. The van der Waals surface area contributed by atoms with Crippen LogP contribution in [0.2, 0.25) is 0 Å². The summed E-state index contributed by atoms with van der Waals surface area (Å²) in [6.07, 6.45) is 1.11. The van der Waals surface area contributed by atoms with Crippen molar-refractivity contribution in [3.63, 3.8) is 0 Å². The number of oxime groups is 1. The van der Waals surface area contributed by atoms with Crippen LogP contribution < -0.4 is 0 Å². The molecule has 0 aromatic heterocycles. The predicted octanol–water partition coefficient (Wildman–Crippen LogP) is -0.471. The lowest BCUT2D eigenvalue weighted by Gasteiger charge is -1.93. The molecule has 3 nitrogen and oxygen atoms in total. The van der Waals surface area contributed by atoms with Crippen LogP contribution in [0.25, 0.3) is 0 Å². The molecule has 3 heteroatoms. The summed E-state index contributed by atoms with van der Waals surface area (Å²) in [5.41, 5.74) is 0. The summed E-state index contributed by atoms with van der Waals surface area (Å²) in [7, 11) is 0. The molecule has 0 bridgehead atoms. The van der Waals surface area contributed by atoms with Crippen molar-refractivity contribution >= 4 is 12.2 Å². The molecule has 0 amide bonds. The fourth-order valence-electron chi connectivity index (χ4n) is 0.0957. The van der Waals surface area contributed by atoms with Gasteiger partial charge in [-0.3, -0.25) is 0 Å². The molecule has 0 aliphatic carbocycles. The Morgan fingerprint density at radius 1 is 2.00 bits per heavy atom. The number of nitrogens with zero attached hydrogens (tertiary/aromatic N) is 1. The van der Waals surface area contributed by atoms with Gasteiger partial charge >= 0.3 is 5.97 Å². The van der Waals surface area contributed by atoms with Gasteiger partial charge in [-0.15, -0.1) is 0 Å². The second-order valence-corrected chi connectivity index (χ2v) is 0.645. The molecule has 0 aromatic carbocycles. The van der Waals surface area contributed by atoms with Gasteiger partial charge in [0.05, 0.1) is 0 Å². The molecule has 1 heterocycles. The molecule has 0 saturated heterocycles. The molecule has 1 aliphatic rings. The first-order valence-corrected chi connectivity index (χ1v) is 1.14. The van der Waals surface area contributed by atoms with E-state index in [0.717, 1.165) is 6.21 Å². The number of rotatable bonds is 0. The zero-order valence-electron chi connectivity index (χ0n) is 2.34. The third kappa shape index (κ3) is 0.154. The molecule has 5 heavy (non-hydrogen) atoms. The molecule has 1 aliphatic heterocycles. The van der Waals surface area contributed by atoms with Crippen LogP contribution in [-0.2, 0) is 9.63 Å². The summed E-state index contributed by atoms with van der Waals surface area (Å²) in [6, 6.07) is 0. The van der Waals surface area contributed by atoms with Gasteiger partial charge in [0.2, 0.25) is 0 Å². The van der Waals surface area contributed by atoms with Crippen molar-refractivity contribution < 1.29 is 9.63 Å². The topological polar surface area (TPSA) is 38.7 Å². The Hall–Kier alpha value is -0.860. The number of carbonyl (C=O) groups excluding carboxylic acids is 1. The third-order valence-corrected chi connectivity index (χ3v) is 0.301. The van der Waals surface area contributed by atoms with Crippen molar-refractivity contribution in [3.8, 4) is 0 Å². The lowest BCUT2D eigenvalue weighted by Crippen LogP contribution is -2.09. The quantitative estimate of drug-likeness (QED) is 0.362. The predicted molar refractivity (Wildman–Crippen MR) is 14.6 cm³/mol. The molecule has 1 rings (SSSR count). The average Bonchev–Trinajstić information content (AvgIpc) is 1.30. The first-order valence-electron chi connectivity index (χ1n) is 1.14. The van der Waals surface area contributed by atoms with E-state index in [1.165, 1.54) is 0 Å². The number of hydrogen-bond acceptors (Lipinski definition) is 3. The second kappa shape index (κ2) is 0.544. The molecule has 26 valence electrons. The Kier molecular flexibility index (Phi) is 0.259. The van der Waals surface area contributed by atoms with Crippen LogP contribution in [-0.4, -0.2) is 12.2 Å². The van der Waals surface area contributed by atoms with Crippen molar-refractivity contribution in [2.75, 3.05) is 0 Å². The fraction of sp³-hybridized carbons (Fsp3) is 0. The van der Waals surface area contributed by atoms with Crippen molar-refractivity contribution in [3.05, 3.63) is 0 Å². The van der Waals surface area contributed by atoms with Crippen LogP contribution in [0.3, 0.4) is 0 Å². The lowest BCUT2D eigenvalue weighted by atomic mass is 10.7. The van der Waals surface area contributed by atoms with Gasteiger partial charge in [-0.1, -0.05) is 5.16 Å². The minimum atomic E-state index is -0.356. The summed E-state index contributed by atoms with van der Waals surface area (Å²) < 4.78 is 0. The summed E-state index contributed by atoms with van der Waals surface area (Å²) in [5, 5.41) is 3.02. The van der Waals surface area contributed by atoms with E-state index in [1.54, 1.807) is 0 Å². The van der Waals surface area contributed by atoms with E-state index < -0.39 is 0 Å². The second-order valence-electron chi connectivity index (χ2n) is 0.645. The van der Waals surface area contributed by atoms with E-state index in [-0.39, 0.29) is 5.97 Å². The molecule has 0 fully saturated rings. The van der Waals surface area contributed by atoms with Crippen LogP contribution in [0.1, 0.15) is 0 Å². The summed E-state index contributed by atoms with van der Waals surface area (Å²) >= 11 is 0. The van der Waals surface area contributed by atoms with E-state index in [2.05, 4.69) is 9.99 Å². The standard InChI is InChI=1S/C2HNO2/c4-2-1-3-5-2/h1H. The van der Waals surface area contributed by atoms with E-state index in [4.69, 9.17) is 0 Å². The van der Waals surface area contributed by atoms with Crippen molar-refractivity contribution in [2.24, 2.45) is 5.16 Å². The Morgan fingerprint density at radius 3 is 2.40 bits per heavy atom. The Morgan fingerprint density at radius 2 is 2.40 bits per heavy atom. The molecule has 0 saturated carbocycles. The Balaban J connectivity index is 2.71. The van der Waals surface area contributed by atoms with Gasteiger partial charge in [0.25, 0.3) is 0 Å². The monoisotopic (exact) mass is 71.0 g/mol. The highest BCUT2D eigenvalue weighted by Gasteiger charge is 2.03. The first kappa shape index (κ1) is 2.38. The van der Waals surface area contributed by atoms with E-state index in [0.29, 0.717) is 0 Å². The minimum Gasteiger partial charge on any atom is -0.311 e. The SMILES string of the molecule is O=C1C=NO1. The average molecular weight is 71.0 g/mol. The van der Waals surface area contributed by atoms with Gasteiger partial charge in [-0.05, 0) is 0 Å². The van der Waals surface area contributed by atoms with Gasteiger partial charge in [0, 0.05) is 0 Å². The van der Waals surface area contributed by atoms with Gasteiger partial charge in [-0.2, -0.15) is 0 Å². The maximum absolute atomic E-state index is 9.53. The largest absolute Gasteiger partial charge is 0.380 e. The van der Waals surface area contributed by atoms with Crippen molar-refractivity contribution in [2.45, 2.75) is 0 Å². The molecule has 0 radical (unpaired) electrons. The fourth-order valence-corrected chi connectivity index (χ4v) is 0.0957. The smallest absolute Gasteiger partial charge is 0.311 e. The van der Waals surface area contributed by atoms with E-state index in [9.17, 15) is 4.79 Å². The maximum atomic E-state index is 9.53. The van der Waals surface area contributed by atoms with Crippen LogP contribution in [0.4, 0.5) is 0 Å². The maximum Gasteiger partial charge on any atom is 0.380 e. The van der Waals surface area contributed by atoms with Crippen LogP contribution in [0.15, 0.2) is 5.16 Å².